The lowest BCUT2D eigenvalue weighted by molar-refractivity contribution is -0.120. The van der Waals surface area contributed by atoms with Gasteiger partial charge in [0.05, 0.1) is 17.1 Å². The molecule has 2 rings (SSSR count). The molecule has 0 aromatic carbocycles. The number of hydrogen-bond donors (Lipinski definition) is 2. The lowest BCUT2D eigenvalue weighted by Gasteiger charge is -2.05. The number of rotatable bonds is 7. The maximum absolute atomic E-state index is 11.7. The lowest BCUT2D eigenvalue weighted by atomic mass is 10.3. The van der Waals surface area contributed by atoms with Crippen LogP contribution in [0.2, 0.25) is 0 Å². The van der Waals surface area contributed by atoms with E-state index in [-0.39, 0.29) is 5.91 Å². The van der Waals surface area contributed by atoms with Crippen LogP contribution in [0.15, 0.2) is 23.8 Å². The third kappa shape index (κ3) is 4.93. The van der Waals surface area contributed by atoms with Gasteiger partial charge in [-0.05, 0) is 19.4 Å². The van der Waals surface area contributed by atoms with Gasteiger partial charge in [0.25, 0.3) is 0 Å². The fourth-order valence-corrected chi connectivity index (χ4v) is 2.24. The van der Waals surface area contributed by atoms with Gasteiger partial charge in [0.1, 0.15) is 0 Å². The molecule has 0 unspecified atom stereocenters. The van der Waals surface area contributed by atoms with Crippen LogP contribution in [0.5, 0.6) is 0 Å². The highest BCUT2D eigenvalue weighted by molar-refractivity contribution is 7.09. The zero-order valence-electron chi connectivity index (χ0n) is 11.3. The molecule has 1 amide bonds. The van der Waals surface area contributed by atoms with E-state index in [0.29, 0.717) is 18.9 Å². The Morgan fingerprint density at radius 3 is 2.80 bits per heavy atom. The molecule has 0 atom stereocenters. The molecule has 0 radical (unpaired) electrons. The average Bonchev–Trinajstić information content (AvgIpc) is 2.85. The predicted molar refractivity (Wildman–Crippen MR) is 78.7 cm³/mol. The molecule has 0 saturated carbocycles. The molecule has 0 aliphatic heterocycles. The van der Waals surface area contributed by atoms with Crippen LogP contribution >= 0.6 is 11.3 Å². The first-order chi connectivity index (χ1) is 9.74. The van der Waals surface area contributed by atoms with Gasteiger partial charge in [-0.15, -0.1) is 11.3 Å². The maximum atomic E-state index is 11.7. The Hall–Kier alpha value is -2.02. The number of amides is 1. The summed E-state index contributed by atoms with van der Waals surface area (Å²) in [5, 5.41) is 8.86. The minimum Gasteiger partial charge on any atom is -0.356 e. The van der Waals surface area contributed by atoms with Gasteiger partial charge in [-0.2, -0.15) is 0 Å². The largest absolute Gasteiger partial charge is 0.356 e. The number of thiazole rings is 1. The fraction of sp³-hybridized carbons (Fsp3) is 0.385. The van der Waals surface area contributed by atoms with Gasteiger partial charge in [-0.3, -0.25) is 4.79 Å². The number of anilines is 1. The smallest absolute Gasteiger partial charge is 0.226 e. The van der Waals surface area contributed by atoms with Crippen LogP contribution in [0.3, 0.4) is 0 Å². The van der Waals surface area contributed by atoms with Crippen LogP contribution in [-0.2, 0) is 11.2 Å². The van der Waals surface area contributed by atoms with Gasteiger partial charge in [-0.25, -0.2) is 15.0 Å². The number of carbonyl (C=O) groups is 1. The number of nitrogens with one attached hydrogen (secondary N) is 2. The van der Waals surface area contributed by atoms with Crippen molar-refractivity contribution in [3.8, 4) is 0 Å². The van der Waals surface area contributed by atoms with Gasteiger partial charge in [0.2, 0.25) is 11.9 Å². The molecule has 0 aliphatic rings. The maximum Gasteiger partial charge on any atom is 0.226 e. The van der Waals surface area contributed by atoms with Gasteiger partial charge in [-0.1, -0.05) is 0 Å². The first-order valence-electron chi connectivity index (χ1n) is 6.42. The summed E-state index contributed by atoms with van der Waals surface area (Å²) in [5.74, 6) is 0.614. The van der Waals surface area contributed by atoms with E-state index < -0.39 is 0 Å². The summed E-state index contributed by atoms with van der Waals surface area (Å²) in [6.45, 7) is 3.28. The molecule has 2 N–H and O–H groups in total. The van der Waals surface area contributed by atoms with E-state index in [1.807, 2.05) is 12.3 Å². The normalized spacial score (nSPS) is 10.2. The standard InChI is InChI=1S/C13H17N5OS/c1-10-18-11(9-20-10)8-12(19)14-4-2-5-15-13-16-6-3-7-17-13/h3,6-7,9H,2,4-5,8H2,1H3,(H,14,19)(H,15,16,17). The van der Waals surface area contributed by atoms with Gasteiger partial charge >= 0.3 is 0 Å². The number of aryl methyl sites for hydroxylation is 1. The van der Waals surface area contributed by atoms with Crippen LogP contribution in [0.1, 0.15) is 17.1 Å². The molecule has 7 heteroatoms. The Bertz CT molecular complexity index is 543. The van der Waals surface area contributed by atoms with Crippen molar-refractivity contribution in [1.82, 2.24) is 20.3 Å². The highest BCUT2D eigenvalue weighted by Crippen LogP contribution is 2.08. The Balaban J connectivity index is 1.58. The zero-order valence-corrected chi connectivity index (χ0v) is 12.1. The van der Waals surface area contributed by atoms with Crippen molar-refractivity contribution in [3.05, 3.63) is 34.5 Å². The second kappa shape index (κ2) is 7.54. The van der Waals surface area contributed by atoms with Crippen LogP contribution in [-0.4, -0.2) is 33.9 Å². The highest BCUT2D eigenvalue weighted by Gasteiger charge is 2.05. The molecule has 2 aromatic rings. The van der Waals surface area contributed by atoms with Crippen molar-refractivity contribution < 1.29 is 4.79 Å². The number of aromatic nitrogens is 3. The summed E-state index contributed by atoms with van der Waals surface area (Å²) >= 11 is 1.56. The van der Waals surface area contributed by atoms with E-state index in [0.717, 1.165) is 23.7 Å². The Labute approximate surface area is 121 Å². The molecule has 20 heavy (non-hydrogen) atoms. The molecule has 0 bridgehead atoms. The van der Waals surface area contributed by atoms with E-state index in [9.17, 15) is 4.79 Å². The van der Waals surface area contributed by atoms with Crippen LogP contribution in [0, 0.1) is 6.92 Å². The van der Waals surface area contributed by atoms with E-state index in [1.165, 1.54) is 0 Å². The van der Waals surface area contributed by atoms with Gasteiger partial charge in [0, 0.05) is 30.9 Å². The summed E-state index contributed by atoms with van der Waals surface area (Å²) in [6.07, 6.45) is 4.54. The first-order valence-corrected chi connectivity index (χ1v) is 7.30. The molecule has 106 valence electrons. The van der Waals surface area contributed by atoms with Crippen LogP contribution in [0.25, 0.3) is 0 Å². The summed E-state index contributed by atoms with van der Waals surface area (Å²) < 4.78 is 0. The number of hydrogen-bond acceptors (Lipinski definition) is 6. The van der Waals surface area contributed by atoms with Crippen LogP contribution in [0.4, 0.5) is 5.95 Å². The molecule has 0 aliphatic carbocycles. The molecular weight excluding hydrogens is 274 g/mol. The topological polar surface area (TPSA) is 79.8 Å². The molecular formula is C13H17N5OS. The minimum atomic E-state index is 0.00580. The quantitative estimate of drug-likeness (QED) is 0.754. The van der Waals surface area contributed by atoms with E-state index in [4.69, 9.17) is 0 Å². The van der Waals surface area contributed by atoms with Crippen molar-refractivity contribution in [2.45, 2.75) is 19.8 Å². The molecule has 2 aromatic heterocycles. The Kier molecular flexibility index (Phi) is 5.43. The first kappa shape index (κ1) is 14.4. The molecule has 0 fully saturated rings. The van der Waals surface area contributed by atoms with Crippen molar-refractivity contribution >= 4 is 23.2 Å². The number of nitrogens with zero attached hydrogens (tertiary/aromatic N) is 3. The average molecular weight is 291 g/mol. The second-order valence-corrected chi connectivity index (χ2v) is 5.30. The lowest BCUT2D eigenvalue weighted by Crippen LogP contribution is -2.27. The Morgan fingerprint density at radius 1 is 1.30 bits per heavy atom. The third-order valence-electron chi connectivity index (χ3n) is 2.53. The summed E-state index contributed by atoms with van der Waals surface area (Å²) in [4.78, 5) is 24.0. The third-order valence-corrected chi connectivity index (χ3v) is 3.36. The summed E-state index contributed by atoms with van der Waals surface area (Å²) in [6, 6.07) is 1.77. The van der Waals surface area contributed by atoms with Crippen molar-refractivity contribution in [1.29, 1.82) is 0 Å². The van der Waals surface area contributed by atoms with Crippen molar-refractivity contribution in [3.63, 3.8) is 0 Å². The molecule has 0 saturated heterocycles. The highest BCUT2D eigenvalue weighted by atomic mass is 32.1. The van der Waals surface area contributed by atoms with E-state index in [2.05, 4.69) is 25.6 Å². The van der Waals surface area contributed by atoms with Crippen molar-refractivity contribution in [2.24, 2.45) is 0 Å². The van der Waals surface area contributed by atoms with Crippen LogP contribution < -0.4 is 10.6 Å². The predicted octanol–water partition coefficient (Wildman–Crippen LogP) is 1.40. The monoisotopic (exact) mass is 291 g/mol. The second-order valence-electron chi connectivity index (χ2n) is 4.24. The van der Waals surface area contributed by atoms with E-state index >= 15 is 0 Å². The molecule has 6 nitrogen and oxygen atoms in total. The summed E-state index contributed by atoms with van der Waals surface area (Å²) in [7, 11) is 0. The Morgan fingerprint density at radius 2 is 2.10 bits per heavy atom. The number of carbonyl (C=O) groups excluding carboxylic acids is 1. The summed E-state index contributed by atoms with van der Waals surface area (Å²) in [5.41, 5.74) is 0.834. The van der Waals surface area contributed by atoms with Gasteiger partial charge in [0.15, 0.2) is 0 Å². The molecule has 0 spiro atoms. The SMILES string of the molecule is Cc1nc(CC(=O)NCCCNc2ncccn2)cs1. The van der Waals surface area contributed by atoms with Gasteiger partial charge < -0.3 is 10.6 Å². The molecule has 2 heterocycles. The minimum absolute atomic E-state index is 0.00580. The van der Waals surface area contributed by atoms with E-state index in [1.54, 1.807) is 29.8 Å². The van der Waals surface area contributed by atoms with Crippen molar-refractivity contribution in [2.75, 3.05) is 18.4 Å². The zero-order chi connectivity index (χ0) is 14.2. The fourth-order valence-electron chi connectivity index (χ4n) is 1.62.